The number of para-hydroxylation sites is 1. The van der Waals surface area contributed by atoms with Crippen molar-refractivity contribution in [2.24, 2.45) is 0 Å². The van der Waals surface area contributed by atoms with E-state index in [2.05, 4.69) is 10.3 Å². The first-order valence-electron chi connectivity index (χ1n) is 6.79. The van der Waals surface area contributed by atoms with Crippen molar-refractivity contribution in [1.29, 1.82) is 0 Å². The first kappa shape index (κ1) is 14.4. The predicted octanol–water partition coefficient (Wildman–Crippen LogP) is 2.51. The number of benzene rings is 1. The molecule has 3 rings (SSSR count). The van der Waals surface area contributed by atoms with Gasteiger partial charge in [0.1, 0.15) is 0 Å². The summed E-state index contributed by atoms with van der Waals surface area (Å²) in [6.45, 7) is 0. The van der Waals surface area contributed by atoms with Gasteiger partial charge in [-0.15, -0.1) is 0 Å². The second kappa shape index (κ2) is 5.69. The van der Waals surface area contributed by atoms with E-state index < -0.39 is 9.84 Å². The summed E-state index contributed by atoms with van der Waals surface area (Å²) in [7, 11) is -2.94. The van der Waals surface area contributed by atoms with Gasteiger partial charge in [0.25, 0.3) is 0 Å². The van der Waals surface area contributed by atoms with E-state index in [0.29, 0.717) is 11.4 Å². The average molecular weight is 326 g/mol. The summed E-state index contributed by atoms with van der Waals surface area (Å²) >= 11 is 6.29. The monoisotopic (exact) mass is 325 g/mol. The van der Waals surface area contributed by atoms with Crippen molar-refractivity contribution in [3.05, 3.63) is 41.9 Å². The molecule has 7 heteroatoms. The number of aromatic nitrogens is 2. The Kier molecular flexibility index (Phi) is 3.91. The minimum atomic E-state index is -2.94. The Labute approximate surface area is 128 Å². The molecule has 0 radical (unpaired) electrons. The summed E-state index contributed by atoms with van der Waals surface area (Å²) in [5.41, 5.74) is 1.61. The van der Waals surface area contributed by atoms with Gasteiger partial charge >= 0.3 is 0 Å². The summed E-state index contributed by atoms with van der Waals surface area (Å²) in [5.74, 6) is 0.456. The van der Waals surface area contributed by atoms with Crippen LogP contribution in [0.4, 0.5) is 5.69 Å². The Hall–Kier alpha value is -1.53. The zero-order valence-electron chi connectivity index (χ0n) is 11.4. The van der Waals surface area contributed by atoms with Crippen molar-refractivity contribution >= 4 is 27.1 Å². The van der Waals surface area contributed by atoms with Gasteiger partial charge in [0, 0.05) is 18.4 Å². The van der Waals surface area contributed by atoms with E-state index in [1.807, 2.05) is 22.9 Å². The van der Waals surface area contributed by atoms with Crippen molar-refractivity contribution in [1.82, 2.24) is 9.55 Å². The van der Waals surface area contributed by atoms with Crippen molar-refractivity contribution in [2.45, 2.75) is 18.9 Å². The third kappa shape index (κ3) is 3.22. The Morgan fingerprint density at radius 1 is 1.38 bits per heavy atom. The van der Waals surface area contributed by atoms with Crippen LogP contribution in [-0.4, -0.2) is 35.5 Å². The first-order valence-corrected chi connectivity index (χ1v) is 8.99. The quantitative estimate of drug-likeness (QED) is 0.941. The molecule has 2 heterocycles. The number of sulfone groups is 1. The molecule has 1 aromatic carbocycles. The Morgan fingerprint density at radius 3 is 2.95 bits per heavy atom. The van der Waals surface area contributed by atoms with Gasteiger partial charge in [-0.3, -0.25) is 0 Å². The lowest BCUT2D eigenvalue weighted by molar-refractivity contribution is 0.562. The lowest BCUT2D eigenvalue weighted by atomic mass is 10.1. The molecule has 1 aliphatic rings. The van der Waals surface area contributed by atoms with Crippen LogP contribution in [-0.2, 0) is 9.84 Å². The fourth-order valence-electron chi connectivity index (χ4n) is 2.64. The first-order chi connectivity index (χ1) is 10.1. The molecule has 0 aliphatic carbocycles. The van der Waals surface area contributed by atoms with Crippen LogP contribution >= 0.6 is 11.6 Å². The second-order valence-electron chi connectivity index (χ2n) is 5.20. The number of hydrogen-bond donors (Lipinski definition) is 1. The molecule has 1 aromatic heterocycles. The number of rotatable bonds is 3. The highest BCUT2D eigenvalue weighted by molar-refractivity contribution is 7.91. The molecular weight excluding hydrogens is 310 g/mol. The van der Waals surface area contributed by atoms with Gasteiger partial charge in [0.15, 0.2) is 9.84 Å². The average Bonchev–Trinajstić information content (AvgIpc) is 2.91. The zero-order valence-corrected chi connectivity index (χ0v) is 12.9. The zero-order chi connectivity index (χ0) is 14.9. The fourth-order valence-corrected chi connectivity index (χ4v) is 4.55. The standard InChI is InChI=1S/C14H16ClN3O2S/c15-12-4-1-5-13(14(12)18-7-6-16-10-18)17-11-3-2-8-21(19,20)9-11/h1,4-7,10-11,17H,2-3,8-9H2. The fraction of sp³-hybridized carbons (Fsp3) is 0.357. The van der Waals surface area contributed by atoms with E-state index >= 15 is 0 Å². The number of anilines is 1. The largest absolute Gasteiger partial charge is 0.380 e. The molecular formula is C14H16ClN3O2S. The molecule has 1 atom stereocenters. The third-order valence-corrected chi connectivity index (χ3v) is 5.70. The van der Waals surface area contributed by atoms with Gasteiger partial charge in [-0.05, 0) is 25.0 Å². The number of hydrogen-bond acceptors (Lipinski definition) is 4. The van der Waals surface area contributed by atoms with E-state index in [4.69, 9.17) is 11.6 Å². The van der Waals surface area contributed by atoms with Crippen LogP contribution in [0.3, 0.4) is 0 Å². The molecule has 1 fully saturated rings. The Balaban J connectivity index is 1.91. The number of nitrogens with one attached hydrogen (secondary N) is 1. The Morgan fingerprint density at radius 2 is 2.24 bits per heavy atom. The molecule has 0 saturated carbocycles. The van der Waals surface area contributed by atoms with Crippen LogP contribution in [0.15, 0.2) is 36.9 Å². The lowest BCUT2D eigenvalue weighted by Gasteiger charge is -2.25. The van der Waals surface area contributed by atoms with Gasteiger partial charge in [0.2, 0.25) is 0 Å². The van der Waals surface area contributed by atoms with Crippen LogP contribution < -0.4 is 5.32 Å². The molecule has 1 saturated heterocycles. The summed E-state index contributed by atoms with van der Waals surface area (Å²) in [6.07, 6.45) is 6.70. The van der Waals surface area contributed by atoms with E-state index in [1.165, 1.54) is 0 Å². The van der Waals surface area contributed by atoms with Crippen LogP contribution in [0.1, 0.15) is 12.8 Å². The highest BCUT2D eigenvalue weighted by Gasteiger charge is 2.25. The Bertz CT molecular complexity index is 729. The van der Waals surface area contributed by atoms with Crippen molar-refractivity contribution in [3.8, 4) is 5.69 Å². The molecule has 21 heavy (non-hydrogen) atoms. The predicted molar refractivity (Wildman–Crippen MR) is 83.9 cm³/mol. The van der Waals surface area contributed by atoms with E-state index in [1.54, 1.807) is 18.6 Å². The minimum absolute atomic E-state index is 0.0792. The normalized spacial score (nSPS) is 21.1. The number of imidazole rings is 1. The lowest BCUT2D eigenvalue weighted by Crippen LogP contribution is -2.35. The van der Waals surface area contributed by atoms with Crippen LogP contribution in [0.25, 0.3) is 5.69 Å². The highest BCUT2D eigenvalue weighted by atomic mass is 35.5. The van der Waals surface area contributed by atoms with Gasteiger partial charge < -0.3 is 9.88 Å². The maximum absolute atomic E-state index is 11.8. The summed E-state index contributed by atoms with van der Waals surface area (Å²) in [4.78, 5) is 4.03. The molecule has 1 aliphatic heterocycles. The van der Waals surface area contributed by atoms with Crippen molar-refractivity contribution in [3.63, 3.8) is 0 Å². The van der Waals surface area contributed by atoms with Crippen molar-refractivity contribution in [2.75, 3.05) is 16.8 Å². The highest BCUT2D eigenvalue weighted by Crippen LogP contribution is 2.30. The number of nitrogens with zero attached hydrogens (tertiary/aromatic N) is 2. The maximum Gasteiger partial charge on any atom is 0.152 e. The van der Waals surface area contributed by atoms with Gasteiger partial charge in [-0.2, -0.15) is 0 Å². The molecule has 2 aromatic rings. The molecule has 5 nitrogen and oxygen atoms in total. The number of halogens is 1. The van der Waals surface area contributed by atoms with E-state index in [-0.39, 0.29) is 17.5 Å². The van der Waals surface area contributed by atoms with E-state index in [9.17, 15) is 8.42 Å². The van der Waals surface area contributed by atoms with Gasteiger partial charge in [-0.1, -0.05) is 17.7 Å². The topological polar surface area (TPSA) is 64.0 Å². The second-order valence-corrected chi connectivity index (χ2v) is 7.84. The summed E-state index contributed by atoms with van der Waals surface area (Å²) in [6, 6.07) is 5.48. The molecule has 0 amide bonds. The van der Waals surface area contributed by atoms with Gasteiger partial charge in [-0.25, -0.2) is 13.4 Å². The maximum atomic E-state index is 11.8. The molecule has 1 N–H and O–H groups in total. The van der Waals surface area contributed by atoms with Crippen LogP contribution in [0.2, 0.25) is 5.02 Å². The van der Waals surface area contributed by atoms with Gasteiger partial charge in [0.05, 0.1) is 34.2 Å². The molecule has 0 spiro atoms. The molecule has 0 bridgehead atoms. The molecule has 1 unspecified atom stereocenters. The SMILES string of the molecule is O=S1(=O)CCCC(Nc2cccc(Cl)c2-n2ccnc2)C1. The van der Waals surface area contributed by atoms with Crippen LogP contribution in [0.5, 0.6) is 0 Å². The molecule has 112 valence electrons. The summed E-state index contributed by atoms with van der Waals surface area (Å²) in [5, 5.41) is 3.92. The third-order valence-electron chi connectivity index (χ3n) is 3.57. The minimum Gasteiger partial charge on any atom is -0.380 e. The van der Waals surface area contributed by atoms with E-state index in [0.717, 1.165) is 17.8 Å². The van der Waals surface area contributed by atoms with Crippen LogP contribution in [0, 0.1) is 0 Å². The summed E-state index contributed by atoms with van der Waals surface area (Å²) < 4.78 is 25.3. The smallest absolute Gasteiger partial charge is 0.152 e. The van der Waals surface area contributed by atoms with Crippen molar-refractivity contribution < 1.29 is 8.42 Å².